The highest BCUT2D eigenvalue weighted by molar-refractivity contribution is 5.76. The molecule has 0 aromatic carbocycles. The minimum Gasteiger partial charge on any atom is -0.388 e. The number of hydrogen-bond acceptors (Lipinski definition) is 4. The van der Waals surface area contributed by atoms with E-state index in [-0.39, 0.29) is 19.0 Å². The van der Waals surface area contributed by atoms with Crippen molar-refractivity contribution in [3.05, 3.63) is 0 Å². The largest absolute Gasteiger partial charge is 0.388 e. The molecular formula is C11H22N2O3. The van der Waals surface area contributed by atoms with Crippen LogP contribution in [0.15, 0.2) is 0 Å². The molecule has 5 heteroatoms. The Morgan fingerprint density at radius 1 is 1.38 bits per heavy atom. The molecule has 0 saturated carbocycles. The van der Waals surface area contributed by atoms with Gasteiger partial charge in [-0.25, -0.2) is 0 Å². The summed E-state index contributed by atoms with van der Waals surface area (Å²) in [6.07, 6.45) is -0.297. The molecule has 0 spiro atoms. The summed E-state index contributed by atoms with van der Waals surface area (Å²) in [5.41, 5.74) is 0. The molecule has 1 rings (SSSR count). The highest BCUT2D eigenvalue weighted by Crippen LogP contribution is 2.11. The van der Waals surface area contributed by atoms with Crippen LogP contribution in [0, 0.1) is 0 Å². The summed E-state index contributed by atoms with van der Waals surface area (Å²) in [6, 6.07) is 0.436. The second kappa shape index (κ2) is 6.18. The predicted octanol–water partition coefficient (Wildman–Crippen LogP) is -0.671. The maximum atomic E-state index is 11.7. The molecule has 5 nitrogen and oxygen atoms in total. The first kappa shape index (κ1) is 13.4. The van der Waals surface area contributed by atoms with Crippen molar-refractivity contribution >= 4 is 5.91 Å². The summed E-state index contributed by atoms with van der Waals surface area (Å²) < 4.78 is 0. The van der Waals surface area contributed by atoms with Crippen LogP contribution >= 0.6 is 0 Å². The molecule has 2 atom stereocenters. The van der Waals surface area contributed by atoms with Crippen LogP contribution in [-0.4, -0.2) is 58.9 Å². The van der Waals surface area contributed by atoms with Crippen LogP contribution in [0.1, 0.15) is 26.7 Å². The number of carbonyl (C=O) groups is 1. The van der Waals surface area contributed by atoms with E-state index >= 15 is 0 Å². The lowest BCUT2D eigenvalue weighted by molar-refractivity contribution is -0.130. The van der Waals surface area contributed by atoms with Gasteiger partial charge in [0.1, 0.15) is 0 Å². The second-order valence-corrected chi connectivity index (χ2v) is 4.65. The third kappa shape index (κ3) is 4.08. The van der Waals surface area contributed by atoms with E-state index in [1.807, 2.05) is 0 Å². The minimum absolute atomic E-state index is 0.0150. The van der Waals surface area contributed by atoms with Crippen LogP contribution in [0.25, 0.3) is 0 Å². The summed E-state index contributed by atoms with van der Waals surface area (Å²) >= 11 is 0. The molecule has 0 unspecified atom stereocenters. The monoisotopic (exact) mass is 230 g/mol. The lowest BCUT2D eigenvalue weighted by atomic mass is 10.2. The number of aliphatic hydroxyl groups is 2. The summed E-state index contributed by atoms with van der Waals surface area (Å²) in [5.74, 6) is 0.0150. The first-order valence-corrected chi connectivity index (χ1v) is 5.88. The fourth-order valence-corrected chi connectivity index (χ4v) is 1.76. The SMILES string of the molecule is CC(C)NCCCC(=O)N1C[C@@H](O)[C@@H](O)C1. The Morgan fingerprint density at radius 2 is 1.94 bits per heavy atom. The van der Waals surface area contributed by atoms with Crippen molar-refractivity contribution in [2.24, 2.45) is 0 Å². The number of amides is 1. The lowest BCUT2D eigenvalue weighted by Gasteiger charge is -2.15. The molecule has 16 heavy (non-hydrogen) atoms. The number of rotatable bonds is 5. The van der Waals surface area contributed by atoms with E-state index in [9.17, 15) is 15.0 Å². The summed E-state index contributed by atoms with van der Waals surface area (Å²) in [4.78, 5) is 13.2. The van der Waals surface area contributed by atoms with Crippen molar-refractivity contribution in [2.75, 3.05) is 19.6 Å². The topological polar surface area (TPSA) is 72.8 Å². The van der Waals surface area contributed by atoms with E-state index in [0.29, 0.717) is 12.5 Å². The number of likely N-dealkylation sites (tertiary alicyclic amines) is 1. The van der Waals surface area contributed by atoms with Crippen molar-refractivity contribution in [2.45, 2.75) is 44.9 Å². The zero-order chi connectivity index (χ0) is 12.1. The Morgan fingerprint density at radius 3 is 2.44 bits per heavy atom. The van der Waals surface area contributed by atoms with Gasteiger partial charge in [0.15, 0.2) is 0 Å². The minimum atomic E-state index is -0.780. The molecule has 0 aromatic heterocycles. The third-order valence-electron chi connectivity index (χ3n) is 2.73. The zero-order valence-corrected chi connectivity index (χ0v) is 10.0. The molecule has 3 N–H and O–H groups in total. The van der Waals surface area contributed by atoms with E-state index in [1.54, 1.807) is 0 Å². The van der Waals surface area contributed by atoms with Gasteiger partial charge in [0.25, 0.3) is 0 Å². The predicted molar refractivity (Wildman–Crippen MR) is 61.0 cm³/mol. The average molecular weight is 230 g/mol. The van der Waals surface area contributed by atoms with Crippen LogP contribution in [0.3, 0.4) is 0 Å². The van der Waals surface area contributed by atoms with Gasteiger partial charge < -0.3 is 20.4 Å². The molecule has 0 radical (unpaired) electrons. The van der Waals surface area contributed by atoms with Crippen LogP contribution in [-0.2, 0) is 4.79 Å². The molecule has 0 bridgehead atoms. The second-order valence-electron chi connectivity index (χ2n) is 4.65. The van der Waals surface area contributed by atoms with Crippen molar-refractivity contribution < 1.29 is 15.0 Å². The molecule has 1 saturated heterocycles. The van der Waals surface area contributed by atoms with E-state index in [1.165, 1.54) is 4.90 Å². The van der Waals surface area contributed by atoms with Crippen molar-refractivity contribution in [3.63, 3.8) is 0 Å². The van der Waals surface area contributed by atoms with Gasteiger partial charge in [-0.15, -0.1) is 0 Å². The van der Waals surface area contributed by atoms with Crippen LogP contribution in [0.5, 0.6) is 0 Å². The van der Waals surface area contributed by atoms with Gasteiger partial charge in [-0.1, -0.05) is 13.8 Å². The molecule has 1 aliphatic heterocycles. The number of nitrogens with one attached hydrogen (secondary N) is 1. The highest BCUT2D eigenvalue weighted by Gasteiger charge is 2.31. The summed E-state index contributed by atoms with van der Waals surface area (Å²) in [5, 5.41) is 21.8. The lowest BCUT2D eigenvalue weighted by Crippen LogP contribution is -2.31. The Hall–Kier alpha value is -0.650. The highest BCUT2D eigenvalue weighted by atomic mass is 16.3. The molecule has 94 valence electrons. The molecule has 1 heterocycles. The molecular weight excluding hydrogens is 208 g/mol. The van der Waals surface area contributed by atoms with Crippen LogP contribution in [0.2, 0.25) is 0 Å². The normalized spacial score (nSPS) is 25.4. The summed E-state index contributed by atoms with van der Waals surface area (Å²) in [6.45, 7) is 5.47. The Balaban J connectivity index is 2.16. The van der Waals surface area contributed by atoms with Crippen molar-refractivity contribution in [3.8, 4) is 0 Å². The van der Waals surface area contributed by atoms with Gasteiger partial charge in [0.2, 0.25) is 5.91 Å². The zero-order valence-electron chi connectivity index (χ0n) is 10.0. The molecule has 0 aromatic rings. The molecule has 0 aliphatic carbocycles. The van der Waals surface area contributed by atoms with Crippen molar-refractivity contribution in [1.29, 1.82) is 0 Å². The van der Waals surface area contributed by atoms with Gasteiger partial charge in [-0.05, 0) is 13.0 Å². The van der Waals surface area contributed by atoms with E-state index in [4.69, 9.17) is 0 Å². The third-order valence-corrected chi connectivity index (χ3v) is 2.73. The van der Waals surface area contributed by atoms with E-state index in [0.717, 1.165) is 13.0 Å². The standard InChI is InChI=1S/C11H22N2O3/c1-8(2)12-5-3-4-11(16)13-6-9(14)10(15)7-13/h8-10,12,14-15H,3-7H2,1-2H3/t9-,10+. The number of hydrogen-bond donors (Lipinski definition) is 3. The molecule has 1 fully saturated rings. The van der Waals surface area contributed by atoms with Gasteiger partial charge in [0, 0.05) is 25.6 Å². The van der Waals surface area contributed by atoms with E-state index < -0.39 is 12.2 Å². The van der Waals surface area contributed by atoms with Gasteiger partial charge in [0.05, 0.1) is 12.2 Å². The number of nitrogens with zero attached hydrogens (tertiary/aromatic N) is 1. The van der Waals surface area contributed by atoms with Gasteiger partial charge in [-0.2, -0.15) is 0 Å². The fraction of sp³-hybridized carbons (Fsp3) is 0.909. The number of carbonyl (C=O) groups excluding carboxylic acids is 1. The Bertz CT molecular complexity index is 223. The van der Waals surface area contributed by atoms with Gasteiger partial charge in [-0.3, -0.25) is 4.79 Å². The maximum absolute atomic E-state index is 11.7. The van der Waals surface area contributed by atoms with Crippen LogP contribution < -0.4 is 5.32 Å². The van der Waals surface area contributed by atoms with Gasteiger partial charge >= 0.3 is 0 Å². The quantitative estimate of drug-likeness (QED) is 0.548. The first-order valence-electron chi connectivity index (χ1n) is 5.88. The average Bonchev–Trinajstić information content (AvgIpc) is 2.54. The van der Waals surface area contributed by atoms with E-state index in [2.05, 4.69) is 19.2 Å². The smallest absolute Gasteiger partial charge is 0.222 e. The number of aliphatic hydroxyl groups excluding tert-OH is 2. The Labute approximate surface area is 96.4 Å². The maximum Gasteiger partial charge on any atom is 0.222 e. The Kier molecular flexibility index (Phi) is 5.18. The fourth-order valence-electron chi connectivity index (χ4n) is 1.76. The first-order chi connectivity index (χ1) is 7.50. The van der Waals surface area contributed by atoms with Crippen LogP contribution in [0.4, 0.5) is 0 Å². The molecule has 1 aliphatic rings. The van der Waals surface area contributed by atoms with Crippen molar-refractivity contribution in [1.82, 2.24) is 10.2 Å². The molecule has 1 amide bonds. The number of β-amino-alcohol motifs (C(OH)–C–C–N with tert-alkyl or cyclic N) is 2. The summed E-state index contributed by atoms with van der Waals surface area (Å²) in [7, 11) is 0.